The molecule has 0 saturated carbocycles. The van der Waals surface area contributed by atoms with Gasteiger partial charge in [-0.15, -0.1) is 0 Å². The van der Waals surface area contributed by atoms with E-state index in [0.717, 1.165) is 16.8 Å². The fraction of sp³-hybridized carbons (Fsp3) is 0.143. The third kappa shape index (κ3) is 2.32. The number of anilines is 1. The van der Waals surface area contributed by atoms with Crippen LogP contribution in [-0.2, 0) is 7.05 Å². The minimum absolute atomic E-state index is 0.185. The molecule has 4 nitrogen and oxygen atoms in total. The molecule has 18 heavy (non-hydrogen) atoms. The first-order valence-corrected chi connectivity index (χ1v) is 5.64. The predicted molar refractivity (Wildman–Crippen MR) is 72.4 cm³/mol. The van der Waals surface area contributed by atoms with Crippen LogP contribution < -0.4 is 5.32 Å². The first-order valence-electron chi connectivity index (χ1n) is 5.64. The van der Waals surface area contributed by atoms with Crippen molar-refractivity contribution in [2.75, 3.05) is 5.32 Å². The lowest BCUT2D eigenvalue weighted by molar-refractivity contribution is 0.101. The van der Waals surface area contributed by atoms with Crippen molar-refractivity contribution >= 4 is 17.7 Å². The van der Waals surface area contributed by atoms with Crippen molar-refractivity contribution in [1.82, 2.24) is 9.78 Å². The van der Waals surface area contributed by atoms with E-state index in [1.807, 2.05) is 31.2 Å². The molecule has 0 aliphatic carbocycles. The van der Waals surface area contributed by atoms with Gasteiger partial charge in [0.1, 0.15) is 5.69 Å². The second-order valence-electron chi connectivity index (χ2n) is 4.10. The van der Waals surface area contributed by atoms with Gasteiger partial charge in [0, 0.05) is 18.3 Å². The Labute approximate surface area is 106 Å². The Bertz CT molecular complexity index is 599. The third-order valence-electron chi connectivity index (χ3n) is 2.68. The van der Waals surface area contributed by atoms with Crippen LogP contribution in [0.15, 0.2) is 37.0 Å². The molecule has 1 amide bonds. The van der Waals surface area contributed by atoms with Crippen molar-refractivity contribution in [1.29, 1.82) is 0 Å². The maximum atomic E-state index is 12.2. The molecule has 2 aromatic rings. The van der Waals surface area contributed by atoms with Crippen molar-refractivity contribution in [2.45, 2.75) is 6.92 Å². The second-order valence-corrected chi connectivity index (χ2v) is 4.10. The van der Waals surface area contributed by atoms with Gasteiger partial charge in [0.15, 0.2) is 0 Å². The SMILES string of the molecule is C=Cc1cnn(C)c1C(=O)Nc1cccc(C)c1. The van der Waals surface area contributed by atoms with Gasteiger partial charge in [0.05, 0.1) is 6.20 Å². The highest BCUT2D eigenvalue weighted by atomic mass is 16.2. The van der Waals surface area contributed by atoms with Crippen LogP contribution in [0.2, 0.25) is 0 Å². The van der Waals surface area contributed by atoms with E-state index < -0.39 is 0 Å². The van der Waals surface area contributed by atoms with Gasteiger partial charge in [-0.1, -0.05) is 24.8 Å². The molecular weight excluding hydrogens is 226 g/mol. The summed E-state index contributed by atoms with van der Waals surface area (Å²) in [6, 6.07) is 7.66. The summed E-state index contributed by atoms with van der Waals surface area (Å²) in [6.45, 7) is 5.66. The Balaban J connectivity index is 2.27. The lowest BCUT2D eigenvalue weighted by atomic mass is 10.2. The van der Waals surface area contributed by atoms with Crippen LogP contribution in [0.4, 0.5) is 5.69 Å². The first kappa shape index (κ1) is 12.1. The summed E-state index contributed by atoms with van der Waals surface area (Å²) in [4.78, 5) is 12.2. The minimum atomic E-state index is -0.185. The Morgan fingerprint density at radius 3 is 2.94 bits per heavy atom. The van der Waals surface area contributed by atoms with E-state index in [4.69, 9.17) is 0 Å². The van der Waals surface area contributed by atoms with Gasteiger partial charge in [0.2, 0.25) is 0 Å². The number of hydrogen-bond acceptors (Lipinski definition) is 2. The lowest BCUT2D eigenvalue weighted by Gasteiger charge is -2.07. The minimum Gasteiger partial charge on any atom is -0.321 e. The number of rotatable bonds is 3. The maximum Gasteiger partial charge on any atom is 0.274 e. The molecule has 0 fully saturated rings. The number of nitrogens with zero attached hydrogens (tertiary/aromatic N) is 2. The van der Waals surface area contributed by atoms with Crippen LogP contribution in [0.1, 0.15) is 21.6 Å². The molecule has 0 radical (unpaired) electrons. The molecule has 1 aromatic carbocycles. The van der Waals surface area contributed by atoms with E-state index in [2.05, 4.69) is 17.0 Å². The number of carbonyl (C=O) groups excluding carboxylic acids is 1. The molecule has 0 aliphatic heterocycles. The topological polar surface area (TPSA) is 46.9 Å². The van der Waals surface area contributed by atoms with Gasteiger partial charge < -0.3 is 5.32 Å². The number of amides is 1. The molecule has 0 atom stereocenters. The Morgan fingerprint density at radius 1 is 1.50 bits per heavy atom. The number of benzene rings is 1. The predicted octanol–water partition coefficient (Wildman–Crippen LogP) is 2.62. The summed E-state index contributed by atoms with van der Waals surface area (Å²) < 4.78 is 1.54. The average molecular weight is 241 g/mol. The highest BCUT2D eigenvalue weighted by Crippen LogP contribution is 2.14. The van der Waals surface area contributed by atoms with E-state index in [0.29, 0.717) is 5.69 Å². The van der Waals surface area contributed by atoms with Gasteiger partial charge >= 0.3 is 0 Å². The molecule has 4 heteroatoms. The number of aryl methyl sites for hydroxylation is 2. The summed E-state index contributed by atoms with van der Waals surface area (Å²) in [7, 11) is 1.73. The molecule has 1 N–H and O–H groups in total. The molecule has 1 aromatic heterocycles. The highest BCUT2D eigenvalue weighted by Gasteiger charge is 2.14. The number of aromatic nitrogens is 2. The van der Waals surface area contributed by atoms with Crippen molar-refractivity contribution in [2.24, 2.45) is 7.05 Å². The van der Waals surface area contributed by atoms with E-state index in [9.17, 15) is 4.79 Å². The molecule has 0 bridgehead atoms. The average Bonchev–Trinajstić information content (AvgIpc) is 2.70. The zero-order chi connectivity index (χ0) is 13.1. The third-order valence-corrected chi connectivity index (χ3v) is 2.68. The van der Waals surface area contributed by atoms with Crippen molar-refractivity contribution in [3.8, 4) is 0 Å². The highest BCUT2D eigenvalue weighted by molar-refractivity contribution is 6.05. The number of nitrogens with one attached hydrogen (secondary N) is 1. The molecule has 0 unspecified atom stereocenters. The second kappa shape index (κ2) is 4.87. The quantitative estimate of drug-likeness (QED) is 0.897. The van der Waals surface area contributed by atoms with E-state index >= 15 is 0 Å². The van der Waals surface area contributed by atoms with Crippen LogP contribution in [0.25, 0.3) is 6.08 Å². The zero-order valence-electron chi connectivity index (χ0n) is 10.5. The molecule has 92 valence electrons. The standard InChI is InChI=1S/C14H15N3O/c1-4-11-9-15-17(3)13(11)14(18)16-12-7-5-6-10(2)8-12/h4-9H,1H2,2-3H3,(H,16,18). The van der Waals surface area contributed by atoms with Crippen molar-refractivity contribution in [3.63, 3.8) is 0 Å². The summed E-state index contributed by atoms with van der Waals surface area (Å²) in [5.74, 6) is -0.185. The van der Waals surface area contributed by atoms with Crippen LogP contribution in [0, 0.1) is 6.92 Å². The van der Waals surface area contributed by atoms with Crippen LogP contribution in [0.5, 0.6) is 0 Å². The smallest absolute Gasteiger partial charge is 0.274 e. The van der Waals surface area contributed by atoms with E-state index in [-0.39, 0.29) is 5.91 Å². The summed E-state index contributed by atoms with van der Waals surface area (Å²) in [6.07, 6.45) is 3.25. The maximum absolute atomic E-state index is 12.2. The number of hydrogen-bond donors (Lipinski definition) is 1. The van der Waals surface area contributed by atoms with Crippen LogP contribution in [-0.4, -0.2) is 15.7 Å². The Kier molecular flexibility index (Phi) is 3.28. The first-order chi connectivity index (χ1) is 8.61. The summed E-state index contributed by atoms with van der Waals surface area (Å²) >= 11 is 0. The monoisotopic (exact) mass is 241 g/mol. The molecule has 2 rings (SSSR count). The molecule has 0 saturated heterocycles. The summed E-state index contributed by atoms with van der Waals surface area (Å²) in [5, 5.41) is 6.91. The van der Waals surface area contributed by atoms with Crippen LogP contribution in [0.3, 0.4) is 0 Å². The van der Waals surface area contributed by atoms with Crippen molar-refractivity contribution in [3.05, 3.63) is 53.9 Å². The summed E-state index contributed by atoms with van der Waals surface area (Å²) in [5.41, 5.74) is 3.10. The zero-order valence-corrected chi connectivity index (χ0v) is 10.5. The normalized spacial score (nSPS) is 10.1. The van der Waals surface area contributed by atoms with Gasteiger partial charge in [-0.25, -0.2) is 0 Å². The fourth-order valence-electron chi connectivity index (χ4n) is 1.80. The van der Waals surface area contributed by atoms with Gasteiger partial charge in [-0.05, 0) is 24.6 Å². The lowest BCUT2D eigenvalue weighted by Crippen LogP contribution is -2.17. The van der Waals surface area contributed by atoms with Crippen LogP contribution >= 0.6 is 0 Å². The largest absolute Gasteiger partial charge is 0.321 e. The molecule has 0 spiro atoms. The fourth-order valence-corrected chi connectivity index (χ4v) is 1.80. The molecule has 1 heterocycles. The van der Waals surface area contributed by atoms with E-state index in [1.54, 1.807) is 24.0 Å². The number of carbonyl (C=O) groups is 1. The Hall–Kier alpha value is -2.36. The Morgan fingerprint density at radius 2 is 2.28 bits per heavy atom. The molecule has 0 aliphatic rings. The van der Waals surface area contributed by atoms with Crippen molar-refractivity contribution < 1.29 is 4.79 Å². The van der Waals surface area contributed by atoms with Gasteiger partial charge in [0.25, 0.3) is 5.91 Å². The van der Waals surface area contributed by atoms with Gasteiger partial charge in [-0.3, -0.25) is 9.48 Å². The van der Waals surface area contributed by atoms with Gasteiger partial charge in [-0.2, -0.15) is 5.10 Å². The van der Waals surface area contributed by atoms with E-state index in [1.165, 1.54) is 0 Å². The molecular formula is C14H15N3O.